The number of thiazole rings is 1. The Morgan fingerprint density at radius 3 is 2.88 bits per heavy atom. The van der Waals surface area contributed by atoms with Gasteiger partial charge < -0.3 is 20.5 Å². The summed E-state index contributed by atoms with van der Waals surface area (Å²) in [6.07, 6.45) is -0.128. The number of aromatic nitrogens is 1. The molecule has 34 heavy (non-hydrogen) atoms. The highest BCUT2D eigenvalue weighted by Gasteiger charge is 2.22. The van der Waals surface area contributed by atoms with E-state index in [1.807, 2.05) is 12.1 Å². The third kappa shape index (κ3) is 8.10. The van der Waals surface area contributed by atoms with Gasteiger partial charge in [0.05, 0.1) is 28.5 Å². The topological polar surface area (TPSA) is 121 Å². The maximum absolute atomic E-state index is 12.3. The highest BCUT2D eigenvalue weighted by molar-refractivity contribution is 8.01. The van der Waals surface area contributed by atoms with E-state index >= 15 is 0 Å². The second-order valence-corrected chi connectivity index (χ2v) is 10.5. The van der Waals surface area contributed by atoms with Crippen molar-refractivity contribution in [1.82, 2.24) is 20.5 Å². The summed E-state index contributed by atoms with van der Waals surface area (Å²) in [5, 5.41) is 16.7. The van der Waals surface area contributed by atoms with Crippen molar-refractivity contribution in [1.29, 1.82) is 0 Å². The van der Waals surface area contributed by atoms with Gasteiger partial charge in [0.25, 0.3) is 5.91 Å². The number of thioether (sulfide) groups is 1. The van der Waals surface area contributed by atoms with Gasteiger partial charge in [-0.15, -0.1) is 11.3 Å². The highest BCUT2D eigenvalue weighted by atomic mass is 35.5. The lowest BCUT2D eigenvalue weighted by Crippen LogP contribution is -2.47. The number of hydrogen-bond donors (Lipinski definition) is 3. The summed E-state index contributed by atoms with van der Waals surface area (Å²) in [6.45, 7) is 4.50. The third-order valence-electron chi connectivity index (χ3n) is 4.90. The molecular formula is C21H24Cl2N4O5S2. The molecule has 2 amide bonds. The number of nitrogens with zero attached hydrogens (tertiary/aromatic N) is 2. The maximum atomic E-state index is 12.3. The molecule has 13 heteroatoms. The Balaban J connectivity index is 1.39. The molecule has 2 aromatic rings. The van der Waals surface area contributed by atoms with Crippen molar-refractivity contribution in [2.45, 2.75) is 30.0 Å². The van der Waals surface area contributed by atoms with Crippen LogP contribution in [0.1, 0.15) is 23.0 Å². The first kappa shape index (κ1) is 26.7. The molecule has 9 nitrogen and oxygen atoms in total. The Hall–Kier alpha value is -1.89. The average molecular weight is 547 g/mol. The van der Waals surface area contributed by atoms with Crippen LogP contribution in [0.4, 0.5) is 0 Å². The molecule has 1 aromatic heterocycles. The number of benzene rings is 1. The van der Waals surface area contributed by atoms with Crippen LogP contribution >= 0.6 is 46.3 Å². The minimum absolute atomic E-state index is 0.124. The number of carboxylic acids is 1. The van der Waals surface area contributed by atoms with Crippen molar-refractivity contribution in [2.24, 2.45) is 0 Å². The van der Waals surface area contributed by atoms with E-state index in [9.17, 15) is 14.4 Å². The number of carbonyl (C=O) groups is 3. The summed E-state index contributed by atoms with van der Waals surface area (Å²) in [5.41, 5.74) is 1.18. The van der Waals surface area contributed by atoms with Crippen LogP contribution in [0.25, 0.3) is 0 Å². The molecule has 184 valence electrons. The van der Waals surface area contributed by atoms with Gasteiger partial charge in [0.2, 0.25) is 5.91 Å². The fourth-order valence-corrected chi connectivity index (χ4v) is 5.07. The van der Waals surface area contributed by atoms with E-state index in [-0.39, 0.29) is 23.5 Å². The second-order valence-electron chi connectivity index (χ2n) is 7.60. The van der Waals surface area contributed by atoms with Gasteiger partial charge >= 0.3 is 5.97 Å². The molecule has 2 heterocycles. The summed E-state index contributed by atoms with van der Waals surface area (Å²) in [4.78, 5) is 41.5. The highest BCUT2D eigenvalue weighted by Crippen LogP contribution is 2.24. The van der Waals surface area contributed by atoms with Gasteiger partial charge in [0.15, 0.2) is 4.34 Å². The quantitative estimate of drug-likeness (QED) is 0.389. The molecule has 1 aliphatic rings. The average Bonchev–Trinajstić information content (AvgIpc) is 3.28. The number of rotatable bonds is 10. The summed E-state index contributed by atoms with van der Waals surface area (Å²) in [5.74, 6) is -1.73. The number of carbonyl (C=O) groups excluding carboxylic acids is 2. The van der Waals surface area contributed by atoms with Crippen LogP contribution in [0.2, 0.25) is 10.0 Å². The Morgan fingerprint density at radius 1 is 1.35 bits per heavy atom. The number of hydrogen-bond acceptors (Lipinski definition) is 8. The lowest BCUT2D eigenvalue weighted by atomic mass is 10.2. The SMILES string of the molecule is C[C@H](NC(=O)c1csc(SCC(=O)NC[C@H]2CN(Cc3ccc(Cl)c(Cl)c3)CCO2)n1)C(=O)O. The summed E-state index contributed by atoms with van der Waals surface area (Å²) >= 11 is 14.5. The van der Waals surface area contributed by atoms with Crippen LogP contribution in [-0.4, -0.2) is 76.9 Å². The maximum Gasteiger partial charge on any atom is 0.325 e. The molecule has 0 unspecified atom stereocenters. The second kappa shape index (κ2) is 12.7. The lowest BCUT2D eigenvalue weighted by molar-refractivity contribution is -0.138. The predicted octanol–water partition coefficient (Wildman–Crippen LogP) is 2.76. The largest absolute Gasteiger partial charge is 0.480 e. The zero-order valence-electron chi connectivity index (χ0n) is 18.3. The van der Waals surface area contributed by atoms with Crippen molar-refractivity contribution in [3.8, 4) is 0 Å². The first-order chi connectivity index (χ1) is 16.2. The number of carboxylic acid groups (broad SMARTS) is 1. The smallest absolute Gasteiger partial charge is 0.325 e. The fourth-order valence-electron chi connectivity index (χ4n) is 3.11. The Kier molecular flexibility index (Phi) is 9.98. The summed E-state index contributed by atoms with van der Waals surface area (Å²) in [7, 11) is 0. The first-order valence-electron chi connectivity index (χ1n) is 10.4. The fraction of sp³-hybridized carbons (Fsp3) is 0.429. The molecule has 0 saturated carbocycles. The van der Waals surface area contributed by atoms with E-state index in [2.05, 4.69) is 20.5 Å². The van der Waals surface area contributed by atoms with E-state index in [4.69, 9.17) is 33.0 Å². The number of amides is 2. The van der Waals surface area contributed by atoms with Gasteiger partial charge in [-0.3, -0.25) is 19.3 Å². The van der Waals surface area contributed by atoms with Gasteiger partial charge in [-0.25, -0.2) is 4.98 Å². The molecule has 3 N–H and O–H groups in total. The van der Waals surface area contributed by atoms with Gasteiger partial charge in [-0.05, 0) is 24.6 Å². The monoisotopic (exact) mass is 546 g/mol. The Morgan fingerprint density at radius 2 is 2.15 bits per heavy atom. The molecule has 3 rings (SSSR count). The zero-order chi connectivity index (χ0) is 24.7. The number of morpholine rings is 1. The van der Waals surface area contributed by atoms with E-state index in [1.54, 1.807) is 6.07 Å². The first-order valence-corrected chi connectivity index (χ1v) is 13.0. The van der Waals surface area contributed by atoms with Crippen molar-refractivity contribution in [3.63, 3.8) is 0 Å². The van der Waals surface area contributed by atoms with Crippen molar-refractivity contribution < 1.29 is 24.2 Å². The van der Waals surface area contributed by atoms with E-state index in [0.717, 1.165) is 12.1 Å². The molecule has 1 fully saturated rings. The van der Waals surface area contributed by atoms with E-state index in [0.29, 0.717) is 40.6 Å². The van der Waals surface area contributed by atoms with Crippen molar-refractivity contribution >= 4 is 64.1 Å². The molecule has 1 saturated heterocycles. The van der Waals surface area contributed by atoms with Gasteiger partial charge in [-0.1, -0.05) is 41.0 Å². The Bertz CT molecular complexity index is 1040. The van der Waals surface area contributed by atoms with Crippen LogP contribution in [0, 0.1) is 0 Å². The number of aliphatic carboxylic acids is 1. The van der Waals surface area contributed by atoms with Crippen molar-refractivity contribution in [3.05, 3.63) is 44.9 Å². The van der Waals surface area contributed by atoms with Crippen LogP contribution in [-0.2, 0) is 20.9 Å². The van der Waals surface area contributed by atoms with Gasteiger partial charge in [0, 0.05) is 31.6 Å². The van der Waals surface area contributed by atoms with E-state index < -0.39 is 17.9 Å². The van der Waals surface area contributed by atoms with Crippen LogP contribution < -0.4 is 10.6 Å². The predicted molar refractivity (Wildman–Crippen MR) is 132 cm³/mol. The van der Waals surface area contributed by atoms with Crippen molar-refractivity contribution in [2.75, 3.05) is 32.0 Å². The summed E-state index contributed by atoms with van der Waals surface area (Å²) < 4.78 is 6.32. The van der Waals surface area contributed by atoms with Gasteiger partial charge in [0.1, 0.15) is 11.7 Å². The molecule has 0 bridgehead atoms. The molecular weight excluding hydrogens is 523 g/mol. The molecule has 0 aliphatic carbocycles. The van der Waals surface area contributed by atoms with Crippen LogP contribution in [0.15, 0.2) is 27.9 Å². The standard InChI is InChI=1S/C21H24Cl2N4O5S2/c1-12(20(30)31)25-19(29)17-10-33-21(26-17)34-11-18(28)24-7-14-9-27(4-5-32-14)8-13-2-3-15(22)16(23)6-13/h2-3,6,10,12,14H,4-5,7-9,11H2,1H3,(H,24,28)(H,25,29)(H,30,31)/t12-,14-/m0/s1. The minimum Gasteiger partial charge on any atom is -0.480 e. The molecule has 0 radical (unpaired) electrons. The normalized spacial score (nSPS) is 17.2. The van der Waals surface area contributed by atoms with Gasteiger partial charge in [-0.2, -0.15) is 0 Å². The minimum atomic E-state index is -1.13. The van der Waals surface area contributed by atoms with E-state index in [1.165, 1.54) is 35.4 Å². The lowest BCUT2D eigenvalue weighted by Gasteiger charge is -2.33. The molecule has 1 aromatic carbocycles. The number of nitrogens with one attached hydrogen (secondary N) is 2. The number of ether oxygens (including phenoxy) is 1. The third-order valence-corrected chi connectivity index (χ3v) is 7.66. The Labute approximate surface area is 215 Å². The van der Waals surface area contributed by atoms with Crippen LogP contribution in [0.5, 0.6) is 0 Å². The summed E-state index contributed by atoms with van der Waals surface area (Å²) in [6, 6.07) is 4.56. The molecule has 2 atom stereocenters. The number of halogens is 2. The molecule has 1 aliphatic heterocycles. The van der Waals surface area contributed by atoms with Crippen LogP contribution in [0.3, 0.4) is 0 Å². The molecule has 0 spiro atoms. The zero-order valence-corrected chi connectivity index (χ0v) is 21.4.